The molecular formula is C42H43ClN4O4. The summed E-state index contributed by atoms with van der Waals surface area (Å²) in [4.78, 5) is 26.0. The minimum Gasteiger partial charge on any atom is -0.492 e. The van der Waals surface area contributed by atoms with Crippen molar-refractivity contribution in [3.05, 3.63) is 147 Å². The molecule has 0 N–H and O–H groups in total. The number of carbonyl (C=O) groups excluding carboxylic acids is 1. The Morgan fingerprint density at radius 2 is 1.47 bits per heavy atom. The van der Waals surface area contributed by atoms with Crippen LogP contribution in [0.3, 0.4) is 0 Å². The molecule has 0 spiro atoms. The van der Waals surface area contributed by atoms with Gasteiger partial charge in [-0.1, -0.05) is 65.7 Å². The number of hydrogen-bond acceptors (Lipinski definition) is 7. The van der Waals surface area contributed by atoms with Crippen molar-refractivity contribution in [2.24, 2.45) is 0 Å². The Hall–Kier alpha value is -5.18. The number of pyridine rings is 2. The zero-order valence-corrected chi connectivity index (χ0v) is 30.1. The first-order chi connectivity index (χ1) is 24.8. The number of aryl methyl sites for hydroxylation is 3. The van der Waals surface area contributed by atoms with Gasteiger partial charge < -0.3 is 19.1 Å². The van der Waals surface area contributed by atoms with Crippen LogP contribution in [0.25, 0.3) is 6.08 Å². The van der Waals surface area contributed by atoms with Crippen LogP contribution in [0, 0.1) is 20.8 Å². The lowest BCUT2D eigenvalue weighted by molar-refractivity contribution is -0.127. The van der Waals surface area contributed by atoms with E-state index in [1.807, 2.05) is 55.1 Å². The molecule has 8 nitrogen and oxygen atoms in total. The molecule has 1 saturated heterocycles. The summed E-state index contributed by atoms with van der Waals surface area (Å²) in [6.45, 7) is 10.9. The normalized spacial score (nSPS) is 13.4. The third kappa shape index (κ3) is 10.4. The van der Waals surface area contributed by atoms with Gasteiger partial charge in [0.2, 0.25) is 11.8 Å². The molecule has 51 heavy (non-hydrogen) atoms. The van der Waals surface area contributed by atoms with Gasteiger partial charge in [0.05, 0.1) is 24.0 Å². The van der Waals surface area contributed by atoms with Crippen molar-refractivity contribution >= 4 is 23.6 Å². The molecule has 3 heterocycles. The maximum atomic E-state index is 13.0. The number of aromatic nitrogens is 2. The number of piperazine rings is 1. The summed E-state index contributed by atoms with van der Waals surface area (Å²) in [5, 5.41) is 0.443. The molecule has 0 atom stereocenters. The molecule has 3 aromatic carbocycles. The number of amides is 1. The molecule has 0 radical (unpaired) electrons. The first kappa shape index (κ1) is 35.6. The van der Waals surface area contributed by atoms with E-state index in [9.17, 15) is 4.79 Å². The van der Waals surface area contributed by atoms with Crippen LogP contribution in [0.1, 0.15) is 39.1 Å². The third-order valence-electron chi connectivity index (χ3n) is 8.77. The summed E-state index contributed by atoms with van der Waals surface area (Å²) in [5.74, 6) is 2.37. The summed E-state index contributed by atoms with van der Waals surface area (Å²) in [6.07, 6.45) is 7.66. The van der Waals surface area contributed by atoms with Gasteiger partial charge in [-0.15, -0.1) is 0 Å². The van der Waals surface area contributed by atoms with Gasteiger partial charge in [0.15, 0.2) is 5.75 Å². The first-order valence-electron chi connectivity index (χ1n) is 17.2. The quantitative estimate of drug-likeness (QED) is 0.114. The van der Waals surface area contributed by atoms with Crippen LogP contribution >= 0.6 is 11.6 Å². The third-order valence-corrected chi connectivity index (χ3v) is 9.05. The lowest BCUT2D eigenvalue weighted by Crippen LogP contribution is -2.47. The summed E-state index contributed by atoms with van der Waals surface area (Å²) in [7, 11) is 0. The second-order valence-corrected chi connectivity index (χ2v) is 13.2. The van der Waals surface area contributed by atoms with Gasteiger partial charge >= 0.3 is 0 Å². The van der Waals surface area contributed by atoms with Gasteiger partial charge in [0, 0.05) is 57.0 Å². The molecule has 1 fully saturated rings. The SMILES string of the molecule is Cc1ccc(COc2ccc(Oc3c(C)cc(/C=C/C(=O)N4CCN(Cc5ccc(CCOc6ccc(C)nc6)cc5)CC4)cc3Cl)nc2)cc1. The zero-order valence-electron chi connectivity index (χ0n) is 29.3. The van der Waals surface area contributed by atoms with Crippen molar-refractivity contribution in [3.63, 3.8) is 0 Å². The number of carbonyl (C=O) groups is 1. The highest BCUT2D eigenvalue weighted by Gasteiger charge is 2.20. The molecule has 0 saturated carbocycles. The Kier molecular flexibility index (Phi) is 12.0. The van der Waals surface area contributed by atoms with Crippen LogP contribution in [0.2, 0.25) is 5.02 Å². The van der Waals surface area contributed by atoms with E-state index in [0.29, 0.717) is 48.7 Å². The van der Waals surface area contributed by atoms with Crippen LogP contribution in [-0.4, -0.2) is 58.5 Å². The predicted molar refractivity (Wildman–Crippen MR) is 202 cm³/mol. The highest BCUT2D eigenvalue weighted by molar-refractivity contribution is 6.32. The Bertz CT molecular complexity index is 1900. The molecule has 1 aliphatic rings. The average molecular weight is 703 g/mol. The van der Waals surface area contributed by atoms with Crippen molar-refractivity contribution in [3.8, 4) is 23.1 Å². The minimum atomic E-state index is -0.00868. The maximum Gasteiger partial charge on any atom is 0.246 e. The molecule has 6 rings (SSSR count). The summed E-state index contributed by atoms with van der Waals surface area (Å²) in [5.41, 5.74) is 7.44. The fourth-order valence-corrected chi connectivity index (χ4v) is 6.06. The van der Waals surface area contributed by atoms with E-state index in [1.54, 1.807) is 36.7 Å². The molecule has 262 valence electrons. The highest BCUT2D eigenvalue weighted by Crippen LogP contribution is 2.34. The van der Waals surface area contributed by atoms with Crippen LogP contribution < -0.4 is 14.2 Å². The topological polar surface area (TPSA) is 77.0 Å². The van der Waals surface area contributed by atoms with Crippen LogP contribution in [0.15, 0.2) is 103 Å². The largest absolute Gasteiger partial charge is 0.492 e. The van der Waals surface area contributed by atoms with E-state index < -0.39 is 0 Å². The van der Waals surface area contributed by atoms with Crippen LogP contribution in [-0.2, 0) is 24.4 Å². The van der Waals surface area contributed by atoms with E-state index in [4.69, 9.17) is 25.8 Å². The Balaban J connectivity index is 0.931. The van der Waals surface area contributed by atoms with Crippen LogP contribution in [0.5, 0.6) is 23.1 Å². The monoisotopic (exact) mass is 702 g/mol. The Labute approximate surface area is 305 Å². The molecule has 5 aromatic rings. The van der Waals surface area contributed by atoms with Crippen molar-refractivity contribution in [2.45, 2.75) is 40.3 Å². The van der Waals surface area contributed by atoms with Gasteiger partial charge in [0.25, 0.3) is 0 Å². The standard InChI is InChI=1S/C42H43ClN4O4/c1-30-4-7-35(8-5-30)29-50-38-15-16-40(45-27-38)51-42-31(2)24-36(25-39(42)43)13-17-41(48)47-21-19-46(20-22-47)28-34-11-9-33(10-12-34)18-23-49-37-14-6-32(3)44-26-37/h4-17,24-27H,18-23,28-29H2,1-3H3/b17-13+. The second kappa shape index (κ2) is 17.2. The fourth-order valence-electron chi connectivity index (χ4n) is 5.75. The number of ether oxygens (including phenoxy) is 3. The number of rotatable bonds is 13. The molecule has 1 aliphatic heterocycles. The molecule has 1 amide bonds. The molecular weight excluding hydrogens is 660 g/mol. The van der Waals surface area contributed by atoms with E-state index >= 15 is 0 Å². The average Bonchev–Trinajstić information content (AvgIpc) is 3.14. The van der Waals surface area contributed by atoms with E-state index in [1.165, 1.54) is 16.7 Å². The van der Waals surface area contributed by atoms with Gasteiger partial charge in [0.1, 0.15) is 18.1 Å². The second-order valence-electron chi connectivity index (χ2n) is 12.8. The lowest BCUT2D eigenvalue weighted by atomic mass is 10.1. The molecule has 0 unspecified atom stereocenters. The summed E-state index contributed by atoms with van der Waals surface area (Å²) < 4.78 is 17.7. The van der Waals surface area contributed by atoms with Crippen LogP contribution in [0.4, 0.5) is 0 Å². The van der Waals surface area contributed by atoms with E-state index in [-0.39, 0.29) is 5.91 Å². The van der Waals surface area contributed by atoms with Gasteiger partial charge in [-0.3, -0.25) is 14.7 Å². The highest BCUT2D eigenvalue weighted by atomic mass is 35.5. The molecule has 0 aliphatic carbocycles. The van der Waals surface area contributed by atoms with Gasteiger partial charge in [-0.05, 0) is 85.0 Å². The van der Waals surface area contributed by atoms with E-state index in [0.717, 1.165) is 54.2 Å². The fraction of sp³-hybridized carbons (Fsp3) is 0.262. The van der Waals surface area contributed by atoms with Crippen molar-refractivity contribution in [2.75, 3.05) is 32.8 Å². The Morgan fingerprint density at radius 1 is 0.784 bits per heavy atom. The zero-order chi connectivity index (χ0) is 35.6. The minimum absolute atomic E-state index is 0.00868. The maximum absolute atomic E-state index is 13.0. The smallest absolute Gasteiger partial charge is 0.246 e. The van der Waals surface area contributed by atoms with Gasteiger partial charge in [-0.2, -0.15) is 0 Å². The first-order valence-corrected chi connectivity index (χ1v) is 17.6. The molecule has 0 bridgehead atoms. The summed E-state index contributed by atoms with van der Waals surface area (Å²) >= 11 is 6.63. The molecule has 9 heteroatoms. The van der Waals surface area contributed by atoms with Gasteiger partial charge in [-0.25, -0.2) is 4.98 Å². The number of hydrogen-bond donors (Lipinski definition) is 0. The summed E-state index contributed by atoms with van der Waals surface area (Å²) in [6, 6.07) is 28.2. The van der Waals surface area contributed by atoms with E-state index in [2.05, 4.69) is 58.2 Å². The number of benzene rings is 3. The Morgan fingerprint density at radius 3 is 2.16 bits per heavy atom. The molecule has 2 aromatic heterocycles. The van der Waals surface area contributed by atoms with Crippen molar-refractivity contribution < 1.29 is 19.0 Å². The predicted octanol–water partition coefficient (Wildman–Crippen LogP) is 8.41. The number of nitrogens with zero attached hydrogens (tertiary/aromatic N) is 4. The number of halogens is 1. The van der Waals surface area contributed by atoms with Crippen molar-refractivity contribution in [1.29, 1.82) is 0 Å². The van der Waals surface area contributed by atoms with Crippen molar-refractivity contribution in [1.82, 2.24) is 19.8 Å². The lowest BCUT2D eigenvalue weighted by Gasteiger charge is -2.34.